The number of ether oxygens (including phenoxy) is 1. The number of hydrogen-bond donors (Lipinski definition) is 3. The lowest BCUT2D eigenvalue weighted by molar-refractivity contribution is -0.143. The first-order chi connectivity index (χ1) is 6.81. The van der Waals surface area contributed by atoms with Crippen molar-refractivity contribution in [1.29, 1.82) is 0 Å². The van der Waals surface area contributed by atoms with Crippen molar-refractivity contribution in [1.82, 2.24) is 5.32 Å². The minimum Gasteiger partial charge on any atom is -0.466 e. The van der Waals surface area contributed by atoms with Crippen molar-refractivity contribution >= 4 is 5.97 Å². The van der Waals surface area contributed by atoms with E-state index in [0.29, 0.717) is 39.0 Å². The van der Waals surface area contributed by atoms with Crippen LogP contribution in [0.1, 0.15) is 19.3 Å². The second kappa shape index (κ2) is 10.4. The average molecular weight is 205 g/mol. The molecule has 0 atom stereocenters. The molecule has 0 rings (SSSR count). The zero-order valence-electron chi connectivity index (χ0n) is 8.37. The highest BCUT2D eigenvalue weighted by Crippen LogP contribution is 1.91. The molecular formula is C9H19NO4. The topological polar surface area (TPSA) is 78.8 Å². The van der Waals surface area contributed by atoms with Crippen LogP contribution < -0.4 is 5.32 Å². The molecule has 0 saturated carbocycles. The summed E-state index contributed by atoms with van der Waals surface area (Å²) in [6, 6.07) is 0. The Morgan fingerprint density at radius 2 is 1.93 bits per heavy atom. The van der Waals surface area contributed by atoms with Crippen LogP contribution in [-0.4, -0.2) is 49.1 Å². The zero-order chi connectivity index (χ0) is 10.6. The maximum Gasteiger partial charge on any atom is 0.307 e. The molecule has 0 spiro atoms. The summed E-state index contributed by atoms with van der Waals surface area (Å²) in [5.74, 6) is -0.242. The third kappa shape index (κ3) is 9.44. The molecule has 0 aliphatic rings. The third-order valence-corrected chi connectivity index (χ3v) is 1.61. The van der Waals surface area contributed by atoms with Crippen molar-refractivity contribution in [3.05, 3.63) is 0 Å². The van der Waals surface area contributed by atoms with Gasteiger partial charge in [-0.1, -0.05) is 0 Å². The Kier molecular flexibility index (Phi) is 9.95. The SMILES string of the molecule is O=C(CCNCCO)OCCCCO. The standard InChI is InChI=1S/C9H19NO4/c11-6-1-2-8-14-9(13)3-4-10-5-7-12/h10-12H,1-8H2. The van der Waals surface area contributed by atoms with E-state index in [1.165, 1.54) is 0 Å². The van der Waals surface area contributed by atoms with E-state index in [4.69, 9.17) is 14.9 Å². The highest BCUT2D eigenvalue weighted by atomic mass is 16.5. The third-order valence-electron chi connectivity index (χ3n) is 1.61. The van der Waals surface area contributed by atoms with Crippen molar-refractivity contribution < 1.29 is 19.7 Å². The van der Waals surface area contributed by atoms with Crippen LogP contribution in [0.5, 0.6) is 0 Å². The number of aliphatic hydroxyl groups excluding tert-OH is 2. The number of aliphatic hydroxyl groups is 2. The van der Waals surface area contributed by atoms with E-state index in [9.17, 15) is 4.79 Å². The second-order valence-electron chi connectivity index (χ2n) is 2.87. The number of rotatable bonds is 9. The van der Waals surface area contributed by atoms with Crippen LogP contribution in [0.25, 0.3) is 0 Å². The number of carbonyl (C=O) groups excluding carboxylic acids is 1. The Morgan fingerprint density at radius 3 is 2.57 bits per heavy atom. The minimum atomic E-state index is -0.242. The van der Waals surface area contributed by atoms with Crippen molar-refractivity contribution in [2.45, 2.75) is 19.3 Å². The van der Waals surface area contributed by atoms with Gasteiger partial charge in [-0.15, -0.1) is 0 Å². The van der Waals surface area contributed by atoms with Gasteiger partial charge in [0.2, 0.25) is 0 Å². The molecule has 0 amide bonds. The van der Waals surface area contributed by atoms with E-state index in [-0.39, 0.29) is 19.2 Å². The predicted molar refractivity (Wildman–Crippen MR) is 51.9 cm³/mol. The van der Waals surface area contributed by atoms with Gasteiger partial charge in [0.1, 0.15) is 0 Å². The number of hydrogen-bond acceptors (Lipinski definition) is 5. The van der Waals surface area contributed by atoms with E-state index in [0.717, 1.165) is 0 Å². The Bertz CT molecular complexity index is 127. The average Bonchev–Trinajstić information content (AvgIpc) is 2.19. The fraction of sp³-hybridized carbons (Fsp3) is 0.889. The molecule has 0 radical (unpaired) electrons. The molecule has 0 aliphatic carbocycles. The Labute approximate surface area is 84.1 Å². The second-order valence-corrected chi connectivity index (χ2v) is 2.87. The lowest BCUT2D eigenvalue weighted by Crippen LogP contribution is -2.22. The molecule has 3 N–H and O–H groups in total. The zero-order valence-corrected chi connectivity index (χ0v) is 8.37. The highest BCUT2D eigenvalue weighted by Gasteiger charge is 2.00. The summed E-state index contributed by atoms with van der Waals surface area (Å²) in [5, 5.41) is 19.8. The summed E-state index contributed by atoms with van der Waals surface area (Å²) in [5.41, 5.74) is 0. The molecule has 0 unspecified atom stereocenters. The lowest BCUT2D eigenvalue weighted by Gasteiger charge is -2.04. The smallest absolute Gasteiger partial charge is 0.307 e. The molecule has 0 aliphatic heterocycles. The fourth-order valence-corrected chi connectivity index (χ4v) is 0.867. The van der Waals surface area contributed by atoms with Gasteiger partial charge in [0.25, 0.3) is 0 Å². The largest absolute Gasteiger partial charge is 0.466 e. The van der Waals surface area contributed by atoms with Crippen LogP contribution in [0.3, 0.4) is 0 Å². The summed E-state index contributed by atoms with van der Waals surface area (Å²) < 4.78 is 4.87. The quantitative estimate of drug-likeness (QED) is 0.342. The van der Waals surface area contributed by atoms with Crippen molar-refractivity contribution in [2.24, 2.45) is 0 Å². The number of esters is 1. The van der Waals surface area contributed by atoms with Crippen molar-refractivity contribution in [2.75, 3.05) is 32.9 Å². The predicted octanol–water partition coefficient (Wildman–Crippen LogP) is -0.726. The van der Waals surface area contributed by atoms with E-state index in [1.807, 2.05) is 0 Å². The van der Waals surface area contributed by atoms with E-state index < -0.39 is 0 Å². The number of carbonyl (C=O) groups is 1. The summed E-state index contributed by atoms with van der Waals surface area (Å²) in [6.45, 7) is 1.61. The Balaban J connectivity index is 3.11. The lowest BCUT2D eigenvalue weighted by atomic mass is 10.3. The number of nitrogens with one attached hydrogen (secondary N) is 1. The maximum absolute atomic E-state index is 11.0. The Morgan fingerprint density at radius 1 is 1.14 bits per heavy atom. The normalized spacial score (nSPS) is 10.1. The molecule has 5 nitrogen and oxygen atoms in total. The molecular weight excluding hydrogens is 186 g/mol. The first-order valence-corrected chi connectivity index (χ1v) is 4.89. The molecule has 0 aromatic heterocycles. The van der Waals surface area contributed by atoms with Crippen molar-refractivity contribution in [3.8, 4) is 0 Å². The monoisotopic (exact) mass is 205 g/mol. The van der Waals surface area contributed by atoms with Crippen LogP contribution in [0.4, 0.5) is 0 Å². The minimum absolute atomic E-state index is 0.0749. The van der Waals surface area contributed by atoms with Crippen LogP contribution in [0.15, 0.2) is 0 Å². The highest BCUT2D eigenvalue weighted by molar-refractivity contribution is 5.69. The Hall–Kier alpha value is -0.650. The molecule has 0 fully saturated rings. The molecule has 0 aromatic carbocycles. The molecule has 0 heterocycles. The van der Waals surface area contributed by atoms with Gasteiger partial charge < -0.3 is 20.3 Å². The van der Waals surface area contributed by atoms with Gasteiger partial charge in [-0.2, -0.15) is 0 Å². The molecule has 0 saturated heterocycles. The van der Waals surface area contributed by atoms with Gasteiger partial charge in [-0.05, 0) is 12.8 Å². The maximum atomic E-state index is 11.0. The first kappa shape index (κ1) is 13.4. The molecule has 5 heteroatoms. The van der Waals surface area contributed by atoms with Gasteiger partial charge in [0.05, 0.1) is 19.6 Å². The molecule has 0 aromatic rings. The van der Waals surface area contributed by atoms with Gasteiger partial charge >= 0.3 is 5.97 Å². The first-order valence-electron chi connectivity index (χ1n) is 4.89. The summed E-state index contributed by atoms with van der Waals surface area (Å²) >= 11 is 0. The molecule has 14 heavy (non-hydrogen) atoms. The molecule has 0 bridgehead atoms. The summed E-state index contributed by atoms with van der Waals surface area (Å²) in [6.07, 6.45) is 1.68. The number of unbranched alkanes of at least 4 members (excludes halogenated alkanes) is 1. The summed E-state index contributed by atoms with van der Waals surface area (Å²) in [4.78, 5) is 11.0. The van der Waals surface area contributed by atoms with E-state index >= 15 is 0 Å². The molecule has 84 valence electrons. The van der Waals surface area contributed by atoms with Gasteiger partial charge in [-0.25, -0.2) is 0 Å². The van der Waals surface area contributed by atoms with Crippen LogP contribution >= 0.6 is 0 Å². The van der Waals surface area contributed by atoms with Crippen LogP contribution in [0.2, 0.25) is 0 Å². The summed E-state index contributed by atoms with van der Waals surface area (Å²) in [7, 11) is 0. The van der Waals surface area contributed by atoms with Crippen LogP contribution in [0, 0.1) is 0 Å². The fourth-order valence-electron chi connectivity index (χ4n) is 0.867. The van der Waals surface area contributed by atoms with E-state index in [2.05, 4.69) is 5.32 Å². The van der Waals surface area contributed by atoms with E-state index in [1.54, 1.807) is 0 Å². The van der Waals surface area contributed by atoms with Gasteiger partial charge in [0, 0.05) is 19.7 Å². The van der Waals surface area contributed by atoms with Crippen LogP contribution in [-0.2, 0) is 9.53 Å². The van der Waals surface area contributed by atoms with Gasteiger partial charge in [-0.3, -0.25) is 4.79 Å². The van der Waals surface area contributed by atoms with Gasteiger partial charge in [0.15, 0.2) is 0 Å². The van der Waals surface area contributed by atoms with Crippen molar-refractivity contribution in [3.63, 3.8) is 0 Å².